The van der Waals surface area contributed by atoms with E-state index in [1.807, 2.05) is 0 Å². The summed E-state index contributed by atoms with van der Waals surface area (Å²) >= 11 is 0. The van der Waals surface area contributed by atoms with Gasteiger partial charge in [-0.2, -0.15) is 0 Å². The molecule has 0 spiro atoms. The van der Waals surface area contributed by atoms with Crippen molar-refractivity contribution in [1.29, 1.82) is 0 Å². The molecule has 2 aromatic carbocycles. The Morgan fingerprint density at radius 2 is 1.84 bits per heavy atom. The maximum absolute atomic E-state index is 13.1. The van der Waals surface area contributed by atoms with Crippen molar-refractivity contribution < 1.29 is 17.9 Å². The third-order valence-electron chi connectivity index (χ3n) is 3.41. The fourth-order valence-corrected chi connectivity index (χ4v) is 3.77. The Labute approximate surface area is 147 Å². The summed E-state index contributed by atoms with van der Waals surface area (Å²) in [6.07, 6.45) is 1.51. The molecule has 2 aromatic rings. The van der Waals surface area contributed by atoms with Gasteiger partial charge in [-0.1, -0.05) is 18.2 Å². The summed E-state index contributed by atoms with van der Waals surface area (Å²) in [5.41, 5.74) is 0.954. The quantitative estimate of drug-likeness (QED) is 0.770. The van der Waals surface area contributed by atoms with Crippen molar-refractivity contribution in [1.82, 2.24) is 0 Å². The Morgan fingerprint density at radius 1 is 1.20 bits per heavy atom. The van der Waals surface area contributed by atoms with Crippen LogP contribution in [0.5, 0.6) is 5.75 Å². The van der Waals surface area contributed by atoms with Crippen LogP contribution in [0.4, 0.5) is 11.4 Å². The lowest BCUT2D eigenvalue weighted by Gasteiger charge is -2.25. The van der Waals surface area contributed by atoms with Crippen molar-refractivity contribution in [2.75, 3.05) is 23.3 Å². The summed E-state index contributed by atoms with van der Waals surface area (Å²) in [5, 5.41) is 2.60. The zero-order chi connectivity index (χ0) is 18.4. The van der Waals surface area contributed by atoms with E-state index in [2.05, 4.69) is 11.9 Å². The lowest BCUT2D eigenvalue weighted by Crippen LogP contribution is -2.31. The van der Waals surface area contributed by atoms with Crippen LogP contribution in [0.15, 0.2) is 66.1 Å². The molecule has 2 rings (SSSR count). The summed E-state index contributed by atoms with van der Waals surface area (Å²) in [7, 11) is -2.34. The van der Waals surface area contributed by atoms with Crippen LogP contribution in [-0.2, 0) is 14.8 Å². The van der Waals surface area contributed by atoms with Crippen LogP contribution in [0.25, 0.3) is 0 Å². The third kappa shape index (κ3) is 4.19. The van der Waals surface area contributed by atoms with Crippen LogP contribution >= 0.6 is 0 Å². The molecule has 0 saturated carbocycles. The van der Waals surface area contributed by atoms with Gasteiger partial charge < -0.3 is 10.1 Å². The van der Waals surface area contributed by atoms with E-state index in [-0.39, 0.29) is 17.3 Å². The fraction of sp³-hybridized carbons (Fsp3) is 0.167. The zero-order valence-corrected chi connectivity index (χ0v) is 14.9. The molecule has 1 N–H and O–H groups in total. The molecule has 0 unspecified atom stereocenters. The van der Waals surface area contributed by atoms with Crippen molar-refractivity contribution in [2.45, 2.75) is 11.8 Å². The van der Waals surface area contributed by atoms with Crippen molar-refractivity contribution >= 4 is 27.3 Å². The second-order valence-corrected chi connectivity index (χ2v) is 7.06. The van der Waals surface area contributed by atoms with Gasteiger partial charge in [0.2, 0.25) is 5.91 Å². The smallest absolute Gasteiger partial charge is 0.264 e. The molecule has 0 fully saturated rings. The molecular formula is C18H20N2O4S. The molecule has 0 aliphatic carbocycles. The first-order valence-electron chi connectivity index (χ1n) is 7.54. The second-order valence-electron chi connectivity index (χ2n) is 5.20. The lowest BCUT2D eigenvalue weighted by atomic mass is 10.3. The molecule has 0 atom stereocenters. The Hall–Kier alpha value is -2.80. The molecule has 0 saturated heterocycles. The molecular weight excluding hydrogens is 340 g/mol. The minimum atomic E-state index is -3.82. The largest absolute Gasteiger partial charge is 0.495 e. The van der Waals surface area contributed by atoms with E-state index in [4.69, 9.17) is 4.74 Å². The minimum absolute atomic E-state index is 0.0934. The predicted octanol–water partition coefficient (Wildman–Crippen LogP) is 3.03. The Morgan fingerprint density at radius 3 is 2.40 bits per heavy atom. The number of hydrogen-bond acceptors (Lipinski definition) is 4. The fourth-order valence-electron chi connectivity index (χ4n) is 2.32. The number of anilines is 2. The number of para-hydroxylation sites is 2. The van der Waals surface area contributed by atoms with E-state index in [1.54, 1.807) is 36.4 Å². The molecule has 6 nitrogen and oxygen atoms in total. The first-order chi connectivity index (χ1) is 11.9. The molecule has 132 valence electrons. The highest BCUT2D eigenvalue weighted by molar-refractivity contribution is 7.92. The standard InChI is InChI=1S/C18H20N2O4S/c1-4-13-20(17-7-5-6-8-18(17)24-3)25(22,23)16-11-9-15(10-12-16)19-14(2)21/h4-12H,1,13H2,2-3H3,(H,19,21). The monoisotopic (exact) mass is 360 g/mol. The molecule has 0 heterocycles. The SMILES string of the molecule is C=CCN(c1ccccc1OC)S(=O)(=O)c1ccc(NC(C)=O)cc1. The number of hydrogen-bond donors (Lipinski definition) is 1. The van der Waals surface area contributed by atoms with Crippen molar-refractivity contribution in [3.05, 3.63) is 61.2 Å². The van der Waals surface area contributed by atoms with Crippen molar-refractivity contribution in [2.24, 2.45) is 0 Å². The van der Waals surface area contributed by atoms with Gasteiger partial charge in [0.15, 0.2) is 0 Å². The summed E-state index contributed by atoms with van der Waals surface area (Å²) < 4.78 is 32.6. The number of nitrogens with zero attached hydrogens (tertiary/aromatic N) is 1. The van der Waals surface area contributed by atoms with Crippen LogP contribution in [0.2, 0.25) is 0 Å². The van der Waals surface area contributed by atoms with Gasteiger partial charge in [-0.15, -0.1) is 6.58 Å². The van der Waals surface area contributed by atoms with E-state index >= 15 is 0 Å². The number of carbonyl (C=O) groups excluding carboxylic acids is 1. The number of ether oxygens (including phenoxy) is 1. The Kier molecular flexibility index (Phi) is 5.82. The number of carbonyl (C=O) groups is 1. The van der Waals surface area contributed by atoms with Gasteiger partial charge in [-0.05, 0) is 36.4 Å². The number of rotatable bonds is 7. The normalized spacial score (nSPS) is 10.8. The first kappa shape index (κ1) is 18.5. The molecule has 0 aromatic heterocycles. The van der Waals surface area contributed by atoms with Gasteiger partial charge >= 0.3 is 0 Å². The first-order valence-corrected chi connectivity index (χ1v) is 8.98. The number of amides is 1. The molecule has 0 aliphatic heterocycles. The van der Waals surface area contributed by atoms with E-state index < -0.39 is 10.0 Å². The van der Waals surface area contributed by atoms with Gasteiger partial charge in [-0.3, -0.25) is 9.10 Å². The van der Waals surface area contributed by atoms with Gasteiger partial charge in [0, 0.05) is 12.6 Å². The number of nitrogens with one attached hydrogen (secondary N) is 1. The van der Waals surface area contributed by atoms with Gasteiger partial charge in [0.1, 0.15) is 5.75 Å². The average Bonchev–Trinajstić information content (AvgIpc) is 2.59. The van der Waals surface area contributed by atoms with E-state index in [9.17, 15) is 13.2 Å². The molecule has 25 heavy (non-hydrogen) atoms. The van der Waals surface area contributed by atoms with Crippen molar-refractivity contribution in [3.8, 4) is 5.75 Å². The summed E-state index contributed by atoms with van der Waals surface area (Å²) in [4.78, 5) is 11.2. The molecule has 0 aliphatic rings. The van der Waals surface area contributed by atoms with E-state index in [0.29, 0.717) is 17.1 Å². The number of benzene rings is 2. The molecule has 0 bridgehead atoms. The highest BCUT2D eigenvalue weighted by Gasteiger charge is 2.26. The van der Waals surface area contributed by atoms with E-state index in [0.717, 1.165) is 0 Å². The maximum Gasteiger partial charge on any atom is 0.264 e. The predicted molar refractivity (Wildman–Crippen MR) is 98.5 cm³/mol. The van der Waals surface area contributed by atoms with Gasteiger partial charge in [0.25, 0.3) is 10.0 Å². The third-order valence-corrected chi connectivity index (χ3v) is 5.21. The highest BCUT2D eigenvalue weighted by Crippen LogP contribution is 2.32. The Balaban J connectivity index is 2.46. The number of methoxy groups -OCH3 is 1. The van der Waals surface area contributed by atoms with Crippen molar-refractivity contribution in [3.63, 3.8) is 0 Å². The van der Waals surface area contributed by atoms with Gasteiger partial charge in [-0.25, -0.2) is 8.42 Å². The average molecular weight is 360 g/mol. The van der Waals surface area contributed by atoms with Gasteiger partial charge in [0.05, 0.1) is 24.2 Å². The van der Waals surface area contributed by atoms with Crippen LogP contribution in [-0.4, -0.2) is 28.0 Å². The molecule has 1 amide bonds. The summed E-state index contributed by atoms with van der Waals surface area (Å²) in [6.45, 7) is 5.12. The molecule has 0 radical (unpaired) electrons. The van der Waals surface area contributed by atoms with Crippen LogP contribution < -0.4 is 14.4 Å². The summed E-state index contributed by atoms with van der Waals surface area (Å²) in [6, 6.07) is 12.9. The summed E-state index contributed by atoms with van der Waals surface area (Å²) in [5.74, 6) is 0.223. The highest BCUT2D eigenvalue weighted by atomic mass is 32.2. The van der Waals surface area contributed by atoms with Crippen LogP contribution in [0.3, 0.4) is 0 Å². The minimum Gasteiger partial charge on any atom is -0.495 e. The van der Waals surface area contributed by atoms with E-state index in [1.165, 1.54) is 36.5 Å². The Bertz CT molecular complexity index is 861. The van der Waals surface area contributed by atoms with Crippen LogP contribution in [0.1, 0.15) is 6.92 Å². The zero-order valence-electron chi connectivity index (χ0n) is 14.1. The van der Waals surface area contributed by atoms with Crippen LogP contribution in [0, 0.1) is 0 Å². The number of sulfonamides is 1. The maximum atomic E-state index is 13.1. The lowest BCUT2D eigenvalue weighted by molar-refractivity contribution is -0.114. The topological polar surface area (TPSA) is 75.7 Å². The molecule has 7 heteroatoms. The second kappa shape index (κ2) is 7.85.